The molecule has 1 aliphatic carbocycles. The zero-order valence-electron chi connectivity index (χ0n) is 28.9. The fourth-order valence-corrected chi connectivity index (χ4v) is 7.36. The number of carbonyl (C=O) groups excluding carboxylic acids is 1. The Morgan fingerprint density at radius 3 is 2.35 bits per heavy atom. The van der Waals surface area contributed by atoms with Gasteiger partial charge >= 0.3 is 7.12 Å². The summed E-state index contributed by atoms with van der Waals surface area (Å²) in [4.78, 5) is 13.2. The Bertz CT molecular complexity index is 1930. The van der Waals surface area contributed by atoms with Gasteiger partial charge in [-0.15, -0.1) is 0 Å². The van der Waals surface area contributed by atoms with Crippen LogP contribution in [-0.4, -0.2) is 59.1 Å². The van der Waals surface area contributed by atoms with Crippen molar-refractivity contribution in [1.82, 2.24) is 5.32 Å². The summed E-state index contributed by atoms with van der Waals surface area (Å²) in [6, 6.07) is 19.2. The number of anilines is 1. The van der Waals surface area contributed by atoms with E-state index in [-0.39, 0.29) is 42.2 Å². The van der Waals surface area contributed by atoms with Gasteiger partial charge in [-0.1, -0.05) is 42.5 Å². The molecule has 1 unspecified atom stereocenters. The SMILES string of the molecule is CNC(=O)c1c(-c2cccc(F)c2)oc2cc(N(CC(COCc3ccccc3)CB3OC(C)(C)C(C)(C)O3)S(C)(=O)=O)c(C3CC3)cc12. The minimum absolute atomic E-state index is 0.0999. The molecule has 260 valence electrons. The van der Waals surface area contributed by atoms with Crippen molar-refractivity contribution in [3.8, 4) is 11.3 Å². The van der Waals surface area contributed by atoms with Gasteiger partial charge in [0.1, 0.15) is 17.2 Å². The first-order chi connectivity index (χ1) is 23.2. The van der Waals surface area contributed by atoms with Gasteiger partial charge in [0.05, 0.1) is 41.9 Å². The lowest BCUT2D eigenvalue weighted by Crippen LogP contribution is -2.41. The maximum Gasteiger partial charge on any atom is 0.458 e. The van der Waals surface area contributed by atoms with E-state index in [0.29, 0.717) is 35.1 Å². The summed E-state index contributed by atoms with van der Waals surface area (Å²) in [5.74, 6) is -0.829. The lowest BCUT2D eigenvalue weighted by Gasteiger charge is -2.32. The molecular formula is C37H44BFN2O7S. The average molecular weight is 691 g/mol. The molecule has 12 heteroatoms. The number of benzene rings is 3. The van der Waals surface area contributed by atoms with E-state index in [1.165, 1.54) is 29.7 Å². The minimum atomic E-state index is -3.82. The number of nitrogens with zero attached hydrogens (tertiary/aromatic N) is 1. The zero-order chi connectivity index (χ0) is 35.1. The van der Waals surface area contributed by atoms with Crippen molar-refractivity contribution in [3.05, 3.63) is 89.2 Å². The Kier molecular flexibility index (Phi) is 9.71. The lowest BCUT2D eigenvalue weighted by molar-refractivity contribution is 0.00578. The van der Waals surface area contributed by atoms with Gasteiger partial charge < -0.3 is 23.8 Å². The van der Waals surface area contributed by atoms with Gasteiger partial charge in [-0.2, -0.15) is 0 Å². The number of ether oxygens (including phenoxy) is 1. The van der Waals surface area contributed by atoms with E-state index in [0.717, 1.165) is 24.0 Å². The van der Waals surface area contributed by atoms with E-state index in [4.69, 9.17) is 18.5 Å². The lowest BCUT2D eigenvalue weighted by atomic mass is 9.77. The van der Waals surface area contributed by atoms with Crippen LogP contribution in [0.1, 0.15) is 67.9 Å². The van der Waals surface area contributed by atoms with Crippen LogP contribution in [0.25, 0.3) is 22.3 Å². The van der Waals surface area contributed by atoms with Crippen molar-refractivity contribution in [2.24, 2.45) is 5.92 Å². The highest BCUT2D eigenvalue weighted by Crippen LogP contribution is 2.48. The predicted molar refractivity (Wildman–Crippen MR) is 190 cm³/mol. The molecular weight excluding hydrogens is 646 g/mol. The van der Waals surface area contributed by atoms with Crippen LogP contribution in [0.2, 0.25) is 6.32 Å². The molecule has 1 saturated carbocycles. The molecule has 1 amide bonds. The molecule has 1 saturated heterocycles. The first-order valence-corrected chi connectivity index (χ1v) is 18.5. The Morgan fingerprint density at radius 1 is 1.04 bits per heavy atom. The number of carbonyl (C=O) groups is 1. The number of halogens is 1. The van der Waals surface area contributed by atoms with E-state index in [2.05, 4.69) is 5.32 Å². The molecule has 1 atom stereocenters. The third-order valence-electron chi connectivity index (χ3n) is 9.78. The highest BCUT2D eigenvalue weighted by Gasteiger charge is 2.51. The maximum absolute atomic E-state index is 14.3. The molecule has 3 aromatic carbocycles. The number of sulfonamides is 1. The van der Waals surface area contributed by atoms with Gasteiger partial charge in [0.25, 0.3) is 5.91 Å². The molecule has 49 heavy (non-hydrogen) atoms. The molecule has 2 heterocycles. The van der Waals surface area contributed by atoms with E-state index < -0.39 is 34.2 Å². The number of rotatable bonds is 13. The molecule has 2 fully saturated rings. The van der Waals surface area contributed by atoms with Crippen molar-refractivity contribution in [3.63, 3.8) is 0 Å². The monoisotopic (exact) mass is 690 g/mol. The molecule has 1 aromatic heterocycles. The fourth-order valence-electron chi connectivity index (χ4n) is 6.36. The molecule has 1 N–H and O–H groups in total. The smallest absolute Gasteiger partial charge is 0.455 e. The second-order valence-corrected chi connectivity index (χ2v) is 16.1. The van der Waals surface area contributed by atoms with Crippen LogP contribution in [0.4, 0.5) is 10.1 Å². The molecule has 0 bridgehead atoms. The average Bonchev–Trinajstić information content (AvgIpc) is 3.77. The molecule has 0 spiro atoms. The molecule has 0 radical (unpaired) electrons. The van der Waals surface area contributed by atoms with Gasteiger partial charge in [-0.05, 0) is 88.0 Å². The number of hydrogen-bond donors (Lipinski definition) is 1. The molecule has 4 aromatic rings. The molecule has 9 nitrogen and oxygen atoms in total. The van der Waals surface area contributed by atoms with Crippen LogP contribution in [0.15, 0.2) is 71.1 Å². The Balaban J connectivity index is 1.40. The van der Waals surface area contributed by atoms with Crippen molar-refractivity contribution < 1.29 is 36.1 Å². The summed E-state index contributed by atoms with van der Waals surface area (Å²) in [5.41, 5.74) is 2.23. The van der Waals surface area contributed by atoms with E-state index >= 15 is 0 Å². The number of hydrogen-bond acceptors (Lipinski definition) is 7. The normalized spacial score (nSPS) is 17.7. The standard InChI is InChI=1S/C37H44BFN2O7S/c1-36(2)37(3,4)48-38(47-36)20-25(23-45-22-24-11-8-7-9-12-24)21-41(49(6,43)44)31-19-32-30(18-29(31)26-15-16-26)33(35(42)40-5)34(46-32)27-13-10-14-28(39)17-27/h7-14,17-19,25-26H,15-16,20-23H2,1-6H3,(H,40,42). The van der Waals surface area contributed by atoms with Gasteiger partial charge in [0.2, 0.25) is 10.0 Å². The van der Waals surface area contributed by atoms with Crippen LogP contribution in [0, 0.1) is 11.7 Å². The van der Waals surface area contributed by atoms with Crippen LogP contribution < -0.4 is 9.62 Å². The van der Waals surface area contributed by atoms with Crippen LogP contribution in [0.5, 0.6) is 0 Å². The predicted octanol–water partition coefficient (Wildman–Crippen LogP) is 7.17. The van der Waals surface area contributed by atoms with Crippen LogP contribution in [-0.2, 0) is 30.7 Å². The van der Waals surface area contributed by atoms with Gasteiger partial charge in [-0.25, -0.2) is 12.8 Å². The highest BCUT2D eigenvalue weighted by atomic mass is 32.2. The summed E-state index contributed by atoms with van der Waals surface area (Å²) in [5, 5.41) is 3.22. The fraction of sp³-hybridized carbons (Fsp3) is 0.432. The molecule has 2 aliphatic rings. The summed E-state index contributed by atoms with van der Waals surface area (Å²) in [6.07, 6.45) is 3.37. The first-order valence-electron chi connectivity index (χ1n) is 16.7. The quantitative estimate of drug-likeness (QED) is 0.148. The van der Waals surface area contributed by atoms with Gasteiger partial charge in [0, 0.05) is 30.6 Å². The number of fused-ring (bicyclic) bond motifs is 1. The Labute approximate surface area is 288 Å². The maximum atomic E-state index is 14.3. The minimum Gasteiger partial charge on any atom is -0.455 e. The van der Waals surface area contributed by atoms with Crippen molar-refractivity contribution >= 4 is 39.7 Å². The third-order valence-corrected chi connectivity index (χ3v) is 10.9. The van der Waals surface area contributed by atoms with Crippen molar-refractivity contribution in [2.75, 3.05) is 30.8 Å². The van der Waals surface area contributed by atoms with E-state index in [9.17, 15) is 17.6 Å². The number of furan rings is 1. The summed E-state index contributed by atoms with van der Waals surface area (Å²) in [6.45, 7) is 8.69. The van der Waals surface area contributed by atoms with Gasteiger partial charge in [-0.3, -0.25) is 9.10 Å². The summed E-state index contributed by atoms with van der Waals surface area (Å²) in [7, 11) is -2.86. The second-order valence-electron chi connectivity index (χ2n) is 14.2. The zero-order valence-corrected chi connectivity index (χ0v) is 29.7. The highest BCUT2D eigenvalue weighted by molar-refractivity contribution is 7.92. The van der Waals surface area contributed by atoms with Crippen molar-refractivity contribution in [2.45, 2.75) is 70.6 Å². The van der Waals surface area contributed by atoms with Gasteiger partial charge in [0.15, 0.2) is 0 Å². The summed E-state index contributed by atoms with van der Waals surface area (Å²) < 4.78 is 68.3. The Hall–Kier alpha value is -3.71. The van der Waals surface area contributed by atoms with E-state index in [1.807, 2.05) is 64.1 Å². The molecule has 1 aliphatic heterocycles. The van der Waals surface area contributed by atoms with Crippen LogP contribution in [0.3, 0.4) is 0 Å². The Morgan fingerprint density at radius 2 is 1.73 bits per heavy atom. The first kappa shape index (κ1) is 35.1. The molecule has 6 rings (SSSR count). The second kappa shape index (κ2) is 13.5. The largest absolute Gasteiger partial charge is 0.458 e. The summed E-state index contributed by atoms with van der Waals surface area (Å²) >= 11 is 0. The van der Waals surface area contributed by atoms with Crippen LogP contribution >= 0.6 is 0 Å². The number of amides is 1. The van der Waals surface area contributed by atoms with E-state index in [1.54, 1.807) is 18.2 Å². The number of nitrogens with one attached hydrogen (secondary N) is 1. The van der Waals surface area contributed by atoms with Crippen molar-refractivity contribution in [1.29, 1.82) is 0 Å². The topological polar surface area (TPSA) is 107 Å². The third kappa shape index (κ3) is 7.57.